The predicted octanol–water partition coefficient (Wildman–Crippen LogP) is 4.07. The topological polar surface area (TPSA) is 98.7 Å². The number of halogens is 2. The molecule has 5 rings (SSSR count). The molecule has 0 radical (unpaired) electrons. The van der Waals surface area contributed by atoms with Gasteiger partial charge in [-0.05, 0) is 44.0 Å². The van der Waals surface area contributed by atoms with Crippen LogP contribution in [0, 0.1) is 18.8 Å². The highest BCUT2D eigenvalue weighted by Crippen LogP contribution is 2.68. The van der Waals surface area contributed by atoms with E-state index in [1.54, 1.807) is 43.0 Å². The normalized spacial score (nSPS) is 31.3. The third-order valence-electron chi connectivity index (χ3n) is 7.53. The van der Waals surface area contributed by atoms with Crippen LogP contribution in [0.3, 0.4) is 0 Å². The summed E-state index contributed by atoms with van der Waals surface area (Å²) < 4.78 is -0.808. The number of aryl methyl sites for hydroxylation is 1. The maximum Gasteiger partial charge on any atom is 0.248 e. The van der Waals surface area contributed by atoms with Crippen molar-refractivity contribution in [3.63, 3.8) is 0 Å². The Morgan fingerprint density at radius 1 is 1.19 bits per heavy atom. The molecule has 10 heteroatoms. The fourth-order valence-electron chi connectivity index (χ4n) is 5.96. The van der Waals surface area contributed by atoms with Crippen LogP contribution in [0.1, 0.15) is 18.9 Å². The Bertz CT molecular complexity index is 1200. The molecule has 190 valence electrons. The summed E-state index contributed by atoms with van der Waals surface area (Å²) in [5.74, 6) is -2.16. The minimum Gasteiger partial charge on any atom is -0.394 e. The molecule has 2 aromatic carbocycles. The maximum absolute atomic E-state index is 13.9. The van der Waals surface area contributed by atoms with Gasteiger partial charge < -0.3 is 20.6 Å². The van der Waals surface area contributed by atoms with Gasteiger partial charge in [0.15, 0.2) is 0 Å². The van der Waals surface area contributed by atoms with E-state index in [-0.39, 0.29) is 34.4 Å². The van der Waals surface area contributed by atoms with Crippen LogP contribution in [0.2, 0.25) is 5.02 Å². The summed E-state index contributed by atoms with van der Waals surface area (Å²) in [6.45, 7) is 3.28. The molecule has 36 heavy (non-hydrogen) atoms. The van der Waals surface area contributed by atoms with Crippen LogP contribution >= 0.6 is 39.3 Å². The van der Waals surface area contributed by atoms with Crippen molar-refractivity contribution in [2.45, 2.75) is 47.2 Å². The van der Waals surface area contributed by atoms with Crippen molar-refractivity contribution in [2.75, 3.05) is 17.2 Å². The number of hydrogen-bond acceptors (Lipinski definition) is 5. The molecule has 3 aliphatic rings. The molecule has 0 aliphatic carbocycles. The number of para-hydroxylation sites is 2. The molecule has 3 unspecified atom stereocenters. The molecule has 2 aromatic rings. The number of nitrogens with one attached hydrogen (secondary N) is 2. The fraction of sp³-hybridized carbons (Fsp3) is 0.423. The minimum atomic E-state index is -0.864. The molecule has 2 bridgehead atoms. The van der Waals surface area contributed by atoms with Gasteiger partial charge in [-0.1, -0.05) is 57.9 Å². The largest absolute Gasteiger partial charge is 0.394 e. The van der Waals surface area contributed by atoms with Crippen molar-refractivity contribution in [3.05, 3.63) is 59.1 Å². The molecule has 3 amide bonds. The van der Waals surface area contributed by atoms with E-state index < -0.39 is 28.7 Å². The molecule has 3 fully saturated rings. The molecular weight excluding hydrogens is 566 g/mol. The third-order valence-corrected chi connectivity index (χ3v) is 11.1. The second kappa shape index (κ2) is 9.67. The maximum atomic E-state index is 13.9. The molecular formula is C26H27BrClN3O4S. The fourth-order valence-corrected chi connectivity index (χ4v) is 9.83. The Balaban J connectivity index is 1.53. The summed E-state index contributed by atoms with van der Waals surface area (Å²) >= 11 is 11.7. The standard InChI is InChI=1S/C26H27BrClN3O4S/c1-13-7-6-10-17(28)20(13)30-24(34)22-26-11-16(27)21(36-26)18(19(26)25(35)31(22)14(2)12-32)23(33)29-15-8-4-3-5-9-15/h3-10,14,16,18-19,21-22,32H,11-12H2,1-2H3,(H,29,33)(H,30,34)/t14-,16?,18-,19+,21-,22?,26?/m1/s1. The van der Waals surface area contributed by atoms with Gasteiger partial charge in [0, 0.05) is 15.8 Å². The first-order chi connectivity index (χ1) is 17.2. The lowest BCUT2D eigenvalue weighted by atomic mass is 9.70. The quantitative estimate of drug-likeness (QED) is 0.440. The number of aliphatic hydroxyl groups excluding tert-OH is 1. The Kier molecular flexibility index (Phi) is 6.87. The monoisotopic (exact) mass is 591 g/mol. The Morgan fingerprint density at radius 2 is 1.92 bits per heavy atom. The Morgan fingerprint density at radius 3 is 2.58 bits per heavy atom. The van der Waals surface area contributed by atoms with Crippen molar-refractivity contribution in [2.24, 2.45) is 11.8 Å². The van der Waals surface area contributed by atoms with Gasteiger partial charge in [-0.15, -0.1) is 11.8 Å². The zero-order valence-electron chi connectivity index (χ0n) is 19.8. The van der Waals surface area contributed by atoms with Gasteiger partial charge in [0.05, 0.1) is 39.9 Å². The van der Waals surface area contributed by atoms with Crippen LogP contribution in [-0.4, -0.2) is 61.2 Å². The summed E-state index contributed by atoms with van der Waals surface area (Å²) in [6, 6.07) is 13.1. The number of carbonyl (C=O) groups is 3. The first-order valence-electron chi connectivity index (χ1n) is 11.9. The lowest BCUT2D eigenvalue weighted by Crippen LogP contribution is -2.54. The SMILES string of the molecule is Cc1cccc(Cl)c1NC(=O)C1N([C@H](C)CO)C(=O)[C@@H]2[C@@H](C(=O)Nc3ccccc3)[C@@H]3SC12CC3Br. The number of benzene rings is 2. The van der Waals surface area contributed by atoms with E-state index in [1.807, 2.05) is 31.2 Å². The molecule has 0 saturated carbocycles. The number of nitrogens with zero attached hydrogens (tertiary/aromatic N) is 1. The number of rotatable bonds is 6. The summed E-state index contributed by atoms with van der Waals surface area (Å²) in [5.41, 5.74) is 1.96. The van der Waals surface area contributed by atoms with Crippen LogP contribution in [0.4, 0.5) is 11.4 Å². The Hall–Kier alpha value is -2.07. The van der Waals surface area contributed by atoms with E-state index in [2.05, 4.69) is 26.6 Å². The first-order valence-corrected chi connectivity index (χ1v) is 14.0. The number of likely N-dealkylation sites (tertiary alicyclic amines) is 1. The smallest absolute Gasteiger partial charge is 0.248 e. The lowest BCUT2D eigenvalue weighted by Gasteiger charge is -2.36. The Labute approximate surface area is 227 Å². The number of thioether (sulfide) groups is 1. The minimum absolute atomic E-state index is 0.0418. The van der Waals surface area contributed by atoms with E-state index >= 15 is 0 Å². The van der Waals surface area contributed by atoms with E-state index in [4.69, 9.17) is 11.6 Å². The molecule has 0 aromatic heterocycles. The van der Waals surface area contributed by atoms with E-state index in [0.717, 1.165) is 5.56 Å². The number of amides is 3. The molecule has 3 aliphatic heterocycles. The van der Waals surface area contributed by atoms with Crippen LogP contribution in [0.15, 0.2) is 48.5 Å². The van der Waals surface area contributed by atoms with Crippen LogP contribution < -0.4 is 10.6 Å². The van der Waals surface area contributed by atoms with Crippen molar-refractivity contribution < 1.29 is 19.5 Å². The van der Waals surface area contributed by atoms with Crippen LogP contribution in [0.25, 0.3) is 0 Å². The van der Waals surface area contributed by atoms with Gasteiger partial charge >= 0.3 is 0 Å². The zero-order chi connectivity index (χ0) is 25.8. The number of aliphatic hydroxyl groups is 1. The van der Waals surface area contributed by atoms with E-state index in [0.29, 0.717) is 22.8 Å². The third kappa shape index (κ3) is 3.95. The number of fused-ring (bicyclic) bond motifs is 1. The number of alkyl halides is 1. The van der Waals surface area contributed by atoms with Crippen LogP contribution in [-0.2, 0) is 14.4 Å². The highest BCUT2D eigenvalue weighted by molar-refractivity contribution is 9.09. The molecule has 3 N–H and O–H groups in total. The molecule has 7 nitrogen and oxygen atoms in total. The van der Waals surface area contributed by atoms with E-state index in [1.165, 1.54) is 4.90 Å². The molecule has 3 saturated heterocycles. The zero-order valence-corrected chi connectivity index (χ0v) is 22.9. The summed E-state index contributed by atoms with van der Waals surface area (Å²) in [4.78, 5) is 42.9. The number of anilines is 2. The molecule has 7 atom stereocenters. The van der Waals surface area contributed by atoms with Gasteiger partial charge in [-0.3, -0.25) is 14.4 Å². The summed E-state index contributed by atoms with van der Waals surface area (Å²) in [5, 5.41) is 16.2. The lowest BCUT2D eigenvalue weighted by molar-refractivity contribution is -0.140. The van der Waals surface area contributed by atoms with Crippen molar-refractivity contribution in [1.82, 2.24) is 4.90 Å². The predicted molar refractivity (Wildman–Crippen MR) is 145 cm³/mol. The van der Waals surface area contributed by atoms with Gasteiger partial charge in [0.25, 0.3) is 0 Å². The summed E-state index contributed by atoms with van der Waals surface area (Å²) in [7, 11) is 0. The molecule has 3 heterocycles. The van der Waals surface area contributed by atoms with Crippen molar-refractivity contribution in [3.8, 4) is 0 Å². The van der Waals surface area contributed by atoms with Gasteiger partial charge in [-0.25, -0.2) is 0 Å². The number of hydrogen-bond donors (Lipinski definition) is 3. The molecule has 1 spiro atoms. The summed E-state index contributed by atoms with van der Waals surface area (Å²) in [6.07, 6.45) is 0.558. The second-order valence-corrected chi connectivity index (χ2v) is 12.8. The highest BCUT2D eigenvalue weighted by Gasteiger charge is 2.76. The highest BCUT2D eigenvalue weighted by atomic mass is 79.9. The van der Waals surface area contributed by atoms with Crippen LogP contribution in [0.5, 0.6) is 0 Å². The van der Waals surface area contributed by atoms with Crippen molar-refractivity contribution in [1.29, 1.82) is 0 Å². The van der Waals surface area contributed by atoms with Gasteiger partial charge in [-0.2, -0.15) is 0 Å². The van der Waals surface area contributed by atoms with Crippen molar-refractivity contribution >= 4 is 68.4 Å². The van der Waals surface area contributed by atoms with Gasteiger partial charge in [0.1, 0.15) is 6.04 Å². The van der Waals surface area contributed by atoms with Gasteiger partial charge in [0.2, 0.25) is 17.7 Å². The number of carbonyl (C=O) groups excluding carboxylic acids is 3. The average Bonchev–Trinajstić information content (AvgIpc) is 3.45. The first kappa shape index (κ1) is 25.6. The van der Waals surface area contributed by atoms with E-state index in [9.17, 15) is 19.5 Å². The second-order valence-electron chi connectivity index (χ2n) is 9.72. The average molecular weight is 593 g/mol.